The first-order valence-corrected chi connectivity index (χ1v) is 4.05. The number of hydrogen-bond donors (Lipinski definition) is 1. The molecular formula is C8H13NO. The summed E-state index contributed by atoms with van der Waals surface area (Å²) in [7, 11) is 0. The van der Waals surface area contributed by atoms with Gasteiger partial charge in [0.15, 0.2) is 0 Å². The zero-order valence-corrected chi connectivity index (χ0v) is 6.05. The van der Waals surface area contributed by atoms with Crippen LogP contribution in [0.15, 0.2) is 0 Å². The molecule has 2 nitrogen and oxygen atoms in total. The van der Waals surface area contributed by atoms with Crippen LogP contribution in [0, 0.1) is 11.8 Å². The molecule has 0 aromatic rings. The Kier molecular flexibility index (Phi) is 1.31. The molecule has 3 rings (SSSR count). The lowest BCUT2D eigenvalue weighted by molar-refractivity contribution is -0.129. The van der Waals surface area contributed by atoms with Gasteiger partial charge in [0.2, 0.25) is 0 Å². The molecule has 0 heterocycles. The molecule has 56 valence electrons. The summed E-state index contributed by atoms with van der Waals surface area (Å²) < 4.78 is 0. The van der Waals surface area contributed by atoms with Crippen LogP contribution in [0.4, 0.5) is 0 Å². The first-order valence-electron chi connectivity index (χ1n) is 4.05. The van der Waals surface area contributed by atoms with Gasteiger partial charge in [-0.25, -0.2) is 0 Å². The third-order valence-corrected chi connectivity index (χ3v) is 2.97. The first kappa shape index (κ1) is 6.35. The van der Waals surface area contributed by atoms with Gasteiger partial charge in [-0.15, -0.1) is 0 Å². The SMILES string of the molecule is N[C@@H]1C[C@H]2CC[C@@H]1CC2=O. The van der Waals surface area contributed by atoms with Gasteiger partial charge in [-0.2, -0.15) is 0 Å². The van der Waals surface area contributed by atoms with Gasteiger partial charge in [0.05, 0.1) is 0 Å². The Morgan fingerprint density at radius 1 is 1.40 bits per heavy atom. The van der Waals surface area contributed by atoms with E-state index in [4.69, 9.17) is 5.73 Å². The summed E-state index contributed by atoms with van der Waals surface area (Å²) in [6.45, 7) is 0. The Labute approximate surface area is 60.8 Å². The van der Waals surface area contributed by atoms with E-state index in [0.29, 0.717) is 23.7 Å². The summed E-state index contributed by atoms with van der Waals surface area (Å²) >= 11 is 0. The highest BCUT2D eigenvalue weighted by molar-refractivity contribution is 5.83. The lowest BCUT2D eigenvalue weighted by Crippen LogP contribution is -2.45. The highest BCUT2D eigenvalue weighted by Crippen LogP contribution is 2.37. The highest BCUT2D eigenvalue weighted by atomic mass is 16.1. The van der Waals surface area contributed by atoms with Crippen LogP contribution < -0.4 is 5.73 Å². The number of rotatable bonds is 0. The summed E-state index contributed by atoms with van der Waals surface area (Å²) in [6, 6.07) is 0.330. The summed E-state index contributed by atoms with van der Waals surface area (Å²) in [4.78, 5) is 11.1. The lowest BCUT2D eigenvalue weighted by Gasteiger charge is -2.39. The fraction of sp³-hybridized carbons (Fsp3) is 0.875. The molecule has 10 heavy (non-hydrogen) atoms. The maximum absolute atomic E-state index is 11.1. The Morgan fingerprint density at radius 2 is 2.20 bits per heavy atom. The number of hydrogen-bond acceptors (Lipinski definition) is 2. The van der Waals surface area contributed by atoms with Crippen molar-refractivity contribution in [3.05, 3.63) is 0 Å². The second-order valence-corrected chi connectivity index (χ2v) is 3.60. The molecule has 0 saturated heterocycles. The third kappa shape index (κ3) is 0.788. The molecule has 2 heteroatoms. The zero-order valence-electron chi connectivity index (χ0n) is 6.05. The molecule has 3 atom stereocenters. The van der Waals surface area contributed by atoms with Crippen LogP contribution in [0.25, 0.3) is 0 Å². The summed E-state index contributed by atoms with van der Waals surface area (Å²) in [5.41, 5.74) is 5.83. The van der Waals surface area contributed by atoms with Crippen molar-refractivity contribution >= 4 is 5.78 Å². The van der Waals surface area contributed by atoms with Crippen molar-refractivity contribution in [2.24, 2.45) is 17.6 Å². The maximum Gasteiger partial charge on any atom is 0.136 e. The minimum atomic E-state index is 0.330. The molecule has 2 N–H and O–H groups in total. The van der Waals surface area contributed by atoms with E-state index in [1.165, 1.54) is 6.42 Å². The highest BCUT2D eigenvalue weighted by Gasteiger charge is 2.38. The van der Waals surface area contributed by atoms with E-state index >= 15 is 0 Å². The Balaban J connectivity index is 2.16. The van der Waals surface area contributed by atoms with Crippen molar-refractivity contribution in [3.8, 4) is 0 Å². The van der Waals surface area contributed by atoms with Crippen LogP contribution >= 0.6 is 0 Å². The van der Waals surface area contributed by atoms with E-state index < -0.39 is 0 Å². The average Bonchev–Trinajstić information content (AvgIpc) is 1.91. The van der Waals surface area contributed by atoms with Crippen LogP contribution in [0.5, 0.6) is 0 Å². The number of Topliss-reactive ketones (excluding diaryl/α,β-unsaturated/α-hetero) is 1. The smallest absolute Gasteiger partial charge is 0.136 e. The fourth-order valence-electron chi connectivity index (χ4n) is 2.24. The Hall–Kier alpha value is -0.370. The minimum absolute atomic E-state index is 0.330. The molecule has 3 fully saturated rings. The van der Waals surface area contributed by atoms with Gasteiger partial charge < -0.3 is 5.73 Å². The second kappa shape index (κ2) is 2.06. The van der Waals surface area contributed by atoms with Gasteiger partial charge in [-0.3, -0.25) is 4.79 Å². The molecular weight excluding hydrogens is 126 g/mol. The minimum Gasteiger partial charge on any atom is -0.327 e. The first-order chi connectivity index (χ1) is 4.77. The number of carbonyl (C=O) groups is 1. The summed E-state index contributed by atoms with van der Waals surface area (Å²) in [6.07, 6.45) is 4.03. The average molecular weight is 139 g/mol. The molecule has 0 radical (unpaired) electrons. The van der Waals surface area contributed by atoms with E-state index in [9.17, 15) is 4.79 Å². The van der Waals surface area contributed by atoms with Crippen molar-refractivity contribution in [3.63, 3.8) is 0 Å². The van der Waals surface area contributed by atoms with E-state index in [-0.39, 0.29) is 0 Å². The fourth-order valence-corrected chi connectivity index (χ4v) is 2.24. The number of carbonyl (C=O) groups excluding carboxylic acids is 1. The number of ketones is 1. The summed E-state index contributed by atoms with van der Waals surface area (Å²) in [5, 5.41) is 0. The maximum atomic E-state index is 11.1. The standard InChI is InChI=1S/C8H13NO/c9-7-3-6-2-1-5(7)4-8(6)10/h5-7H,1-4,9H2/t5-,6-,7-/m1/s1. The Morgan fingerprint density at radius 3 is 2.50 bits per heavy atom. The topological polar surface area (TPSA) is 43.1 Å². The predicted octanol–water partition coefficient (Wildman–Crippen LogP) is 0.703. The van der Waals surface area contributed by atoms with E-state index in [1.54, 1.807) is 0 Å². The second-order valence-electron chi connectivity index (χ2n) is 3.60. The van der Waals surface area contributed by atoms with E-state index in [1.807, 2.05) is 0 Å². The van der Waals surface area contributed by atoms with E-state index in [2.05, 4.69) is 0 Å². The number of nitrogens with two attached hydrogens (primary N) is 1. The summed E-state index contributed by atoms with van der Waals surface area (Å²) in [5.74, 6) is 1.33. The van der Waals surface area contributed by atoms with Gasteiger partial charge in [-0.05, 0) is 25.2 Å². The quantitative estimate of drug-likeness (QED) is 0.537. The van der Waals surface area contributed by atoms with Crippen molar-refractivity contribution in [2.45, 2.75) is 31.7 Å². The molecule has 3 saturated carbocycles. The van der Waals surface area contributed by atoms with Gasteiger partial charge in [0, 0.05) is 18.4 Å². The lowest BCUT2D eigenvalue weighted by atomic mass is 9.67. The molecule has 0 aromatic carbocycles. The molecule has 0 aromatic heterocycles. The third-order valence-electron chi connectivity index (χ3n) is 2.97. The predicted molar refractivity (Wildman–Crippen MR) is 38.4 cm³/mol. The van der Waals surface area contributed by atoms with E-state index in [0.717, 1.165) is 19.3 Å². The monoisotopic (exact) mass is 139 g/mol. The molecule has 3 aliphatic carbocycles. The number of fused-ring (bicyclic) bond motifs is 3. The van der Waals surface area contributed by atoms with Gasteiger partial charge in [0.1, 0.15) is 5.78 Å². The molecule has 0 spiro atoms. The van der Waals surface area contributed by atoms with Crippen molar-refractivity contribution < 1.29 is 4.79 Å². The zero-order chi connectivity index (χ0) is 7.14. The van der Waals surface area contributed by atoms with Crippen LogP contribution in [-0.2, 0) is 4.79 Å². The van der Waals surface area contributed by atoms with Crippen LogP contribution in [-0.4, -0.2) is 11.8 Å². The van der Waals surface area contributed by atoms with Gasteiger partial charge >= 0.3 is 0 Å². The molecule has 0 amide bonds. The Bertz CT molecular complexity index is 167. The normalized spacial score (nSPS) is 46.1. The molecule has 3 aliphatic rings. The molecule has 0 unspecified atom stereocenters. The van der Waals surface area contributed by atoms with Crippen LogP contribution in [0.1, 0.15) is 25.7 Å². The molecule has 0 aliphatic heterocycles. The van der Waals surface area contributed by atoms with Crippen LogP contribution in [0.2, 0.25) is 0 Å². The van der Waals surface area contributed by atoms with Gasteiger partial charge in [0.25, 0.3) is 0 Å². The van der Waals surface area contributed by atoms with Crippen LogP contribution in [0.3, 0.4) is 0 Å². The van der Waals surface area contributed by atoms with Crippen molar-refractivity contribution in [1.29, 1.82) is 0 Å². The van der Waals surface area contributed by atoms with Crippen molar-refractivity contribution in [2.75, 3.05) is 0 Å². The largest absolute Gasteiger partial charge is 0.327 e. The van der Waals surface area contributed by atoms with Gasteiger partial charge in [-0.1, -0.05) is 0 Å². The van der Waals surface area contributed by atoms with Crippen molar-refractivity contribution in [1.82, 2.24) is 0 Å². The molecule has 2 bridgehead atoms.